The van der Waals surface area contributed by atoms with Crippen LogP contribution in [0.4, 0.5) is 0 Å². The van der Waals surface area contributed by atoms with E-state index in [1.165, 1.54) is 30.5 Å². The average molecular weight is 372 g/mol. The van der Waals surface area contributed by atoms with Crippen molar-refractivity contribution in [3.8, 4) is 11.5 Å². The van der Waals surface area contributed by atoms with Gasteiger partial charge in [-0.1, -0.05) is 24.3 Å². The summed E-state index contributed by atoms with van der Waals surface area (Å²) in [4.78, 5) is 8.23. The number of aromatic nitrogens is 2. The van der Waals surface area contributed by atoms with E-state index in [9.17, 15) is 23.2 Å². The third-order valence-electron chi connectivity index (χ3n) is 3.74. The van der Waals surface area contributed by atoms with Crippen molar-refractivity contribution in [2.45, 2.75) is 17.9 Å². The van der Waals surface area contributed by atoms with Crippen LogP contribution < -0.4 is 0 Å². The number of hydrogen-bond acceptors (Lipinski definition) is 6. The minimum Gasteiger partial charge on any atom is -0.508 e. The summed E-state index contributed by atoms with van der Waals surface area (Å²) in [6, 6.07) is 12.6. The molecular formula is C18H16N2O5S. The van der Waals surface area contributed by atoms with Crippen LogP contribution >= 0.6 is 0 Å². The molecule has 0 fully saturated rings. The molecule has 3 rings (SSSR count). The third-order valence-corrected chi connectivity index (χ3v) is 4.55. The zero-order valence-electron chi connectivity index (χ0n) is 13.6. The molecule has 0 saturated heterocycles. The van der Waals surface area contributed by atoms with Crippen LogP contribution in [0.15, 0.2) is 59.8 Å². The van der Waals surface area contributed by atoms with E-state index >= 15 is 0 Å². The van der Waals surface area contributed by atoms with Gasteiger partial charge < -0.3 is 10.2 Å². The van der Waals surface area contributed by atoms with Gasteiger partial charge >= 0.3 is 10.1 Å². The number of phenols is 2. The Morgan fingerprint density at radius 2 is 1.31 bits per heavy atom. The zero-order valence-corrected chi connectivity index (χ0v) is 14.4. The highest BCUT2D eigenvalue weighted by molar-refractivity contribution is 7.85. The Labute approximate surface area is 150 Å². The van der Waals surface area contributed by atoms with E-state index in [1.807, 2.05) is 0 Å². The largest absolute Gasteiger partial charge is 0.508 e. The number of hydrogen-bond donors (Lipinski definition) is 3. The Morgan fingerprint density at radius 1 is 0.808 bits per heavy atom. The van der Waals surface area contributed by atoms with Crippen molar-refractivity contribution in [1.82, 2.24) is 9.97 Å². The molecule has 0 unspecified atom stereocenters. The molecule has 26 heavy (non-hydrogen) atoms. The van der Waals surface area contributed by atoms with Crippen LogP contribution in [0.1, 0.15) is 22.5 Å². The molecule has 0 atom stereocenters. The first-order chi connectivity index (χ1) is 12.3. The van der Waals surface area contributed by atoms with E-state index in [0.717, 1.165) is 5.56 Å². The summed E-state index contributed by atoms with van der Waals surface area (Å²) in [7, 11) is -4.55. The van der Waals surface area contributed by atoms with Crippen molar-refractivity contribution in [1.29, 1.82) is 0 Å². The highest BCUT2D eigenvalue weighted by Gasteiger charge is 2.20. The minimum absolute atomic E-state index is 0.0964. The molecule has 0 bridgehead atoms. The molecule has 0 aliphatic heterocycles. The SMILES string of the molecule is O=S(=O)(O)c1nc(Cc2ccc(O)cc2)cnc1Cc1ccc(O)cc1. The number of rotatable bonds is 5. The summed E-state index contributed by atoms with van der Waals surface area (Å²) in [5.41, 5.74) is 2.02. The van der Waals surface area contributed by atoms with Crippen molar-refractivity contribution in [2.75, 3.05) is 0 Å². The van der Waals surface area contributed by atoms with Crippen molar-refractivity contribution in [3.05, 3.63) is 77.2 Å². The van der Waals surface area contributed by atoms with Gasteiger partial charge in [0.1, 0.15) is 11.5 Å². The highest BCUT2D eigenvalue weighted by atomic mass is 32.2. The highest BCUT2D eigenvalue weighted by Crippen LogP contribution is 2.19. The summed E-state index contributed by atoms with van der Waals surface area (Å²) >= 11 is 0. The summed E-state index contributed by atoms with van der Waals surface area (Å²) < 4.78 is 33.0. The Bertz CT molecular complexity index is 1020. The number of aromatic hydroxyl groups is 2. The van der Waals surface area contributed by atoms with Crippen molar-refractivity contribution >= 4 is 10.1 Å². The second kappa shape index (κ2) is 7.11. The maximum Gasteiger partial charge on any atom is 0.314 e. The van der Waals surface area contributed by atoms with E-state index < -0.39 is 15.1 Å². The molecule has 8 heteroatoms. The molecule has 3 aromatic rings. The zero-order chi connectivity index (χ0) is 18.7. The Hall–Kier alpha value is -2.97. The first-order valence-electron chi connectivity index (χ1n) is 7.69. The molecule has 0 radical (unpaired) electrons. The monoisotopic (exact) mass is 372 g/mol. The lowest BCUT2D eigenvalue weighted by Gasteiger charge is -2.09. The molecule has 0 amide bonds. The molecule has 1 heterocycles. The molecule has 0 spiro atoms. The quantitative estimate of drug-likeness (QED) is 0.588. The van der Waals surface area contributed by atoms with Gasteiger partial charge in [-0.3, -0.25) is 9.54 Å². The van der Waals surface area contributed by atoms with Crippen LogP contribution in [0.5, 0.6) is 11.5 Å². The van der Waals surface area contributed by atoms with Crippen LogP contribution in [0.25, 0.3) is 0 Å². The summed E-state index contributed by atoms with van der Waals surface area (Å²) in [6.07, 6.45) is 1.90. The van der Waals surface area contributed by atoms with E-state index in [1.54, 1.807) is 24.3 Å². The van der Waals surface area contributed by atoms with Gasteiger partial charge in [-0.2, -0.15) is 8.42 Å². The van der Waals surface area contributed by atoms with E-state index in [-0.39, 0.29) is 23.6 Å². The van der Waals surface area contributed by atoms with Gasteiger partial charge in [0.25, 0.3) is 0 Å². The van der Waals surface area contributed by atoms with Crippen molar-refractivity contribution < 1.29 is 23.2 Å². The molecule has 0 aliphatic rings. The van der Waals surface area contributed by atoms with Gasteiger partial charge in [0.05, 0.1) is 11.4 Å². The van der Waals surface area contributed by atoms with Gasteiger partial charge in [0.2, 0.25) is 5.03 Å². The van der Waals surface area contributed by atoms with Gasteiger partial charge in [-0.15, -0.1) is 0 Å². The molecule has 3 N–H and O–H groups in total. The Morgan fingerprint density at radius 3 is 1.81 bits per heavy atom. The molecule has 1 aromatic heterocycles. The molecule has 0 saturated carbocycles. The fourth-order valence-electron chi connectivity index (χ4n) is 2.47. The number of phenolic OH excluding ortho intramolecular Hbond substituents is 2. The fourth-order valence-corrected chi connectivity index (χ4v) is 3.13. The summed E-state index contributed by atoms with van der Waals surface area (Å²) in [5, 5.41) is 18.1. The molecule has 134 valence electrons. The van der Waals surface area contributed by atoms with Crippen LogP contribution in [-0.4, -0.2) is 33.2 Å². The lowest BCUT2D eigenvalue weighted by atomic mass is 10.1. The Kier molecular flexibility index (Phi) is 4.88. The normalized spacial score (nSPS) is 11.4. The standard InChI is InChI=1S/C18H16N2O5S/c21-15-5-1-12(2-6-15)9-14-11-19-17(18(20-14)26(23,24)25)10-13-3-7-16(22)8-4-13/h1-8,11,21-22H,9-10H2,(H,23,24,25). The van der Waals surface area contributed by atoms with E-state index in [2.05, 4.69) is 9.97 Å². The summed E-state index contributed by atoms with van der Waals surface area (Å²) in [5.74, 6) is 0.224. The minimum atomic E-state index is -4.55. The Balaban J connectivity index is 1.93. The topological polar surface area (TPSA) is 121 Å². The summed E-state index contributed by atoms with van der Waals surface area (Å²) in [6.45, 7) is 0. The lowest BCUT2D eigenvalue weighted by molar-refractivity contribution is 0.474. The van der Waals surface area contributed by atoms with Crippen molar-refractivity contribution in [3.63, 3.8) is 0 Å². The molecule has 2 aromatic carbocycles. The average Bonchev–Trinajstić information content (AvgIpc) is 2.59. The van der Waals surface area contributed by atoms with Gasteiger partial charge in [0, 0.05) is 19.0 Å². The third kappa shape index (κ3) is 4.35. The maximum atomic E-state index is 11.7. The molecule has 7 nitrogen and oxygen atoms in total. The van der Waals surface area contributed by atoms with Crippen molar-refractivity contribution in [2.24, 2.45) is 0 Å². The van der Waals surface area contributed by atoms with Crippen LogP contribution in [0, 0.1) is 0 Å². The first-order valence-corrected chi connectivity index (χ1v) is 9.13. The van der Waals surface area contributed by atoms with Crippen LogP contribution in [-0.2, 0) is 23.0 Å². The second-order valence-electron chi connectivity index (χ2n) is 5.77. The maximum absolute atomic E-state index is 11.7. The number of nitrogens with zero attached hydrogens (tertiary/aromatic N) is 2. The van der Waals surface area contributed by atoms with Gasteiger partial charge in [-0.05, 0) is 35.4 Å². The van der Waals surface area contributed by atoms with E-state index in [4.69, 9.17) is 0 Å². The smallest absolute Gasteiger partial charge is 0.314 e. The fraction of sp³-hybridized carbons (Fsp3) is 0.111. The van der Waals surface area contributed by atoms with Crippen LogP contribution in [0.3, 0.4) is 0 Å². The number of benzene rings is 2. The predicted octanol–water partition coefficient (Wildman–Crippen LogP) is 2.32. The second-order valence-corrected chi connectivity index (χ2v) is 7.11. The van der Waals surface area contributed by atoms with Gasteiger partial charge in [0.15, 0.2) is 0 Å². The molecule has 0 aliphatic carbocycles. The lowest BCUT2D eigenvalue weighted by Crippen LogP contribution is -2.11. The van der Waals surface area contributed by atoms with Crippen LogP contribution in [0.2, 0.25) is 0 Å². The first kappa shape index (κ1) is 17.8. The predicted molar refractivity (Wildman–Crippen MR) is 93.7 cm³/mol. The van der Waals surface area contributed by atoms with E-state index in [0.29, 0.717) is 17.7 Å². The van der Waals surface area contributed by atoms with Gasteiger partial charge in [-0.25, -0.2) is 4.98 Å². The molecular weight excluding hydrogens is 356 g/mol.